The van der Waals surface area contributed by atoms with Crippen LogP contribution in [0.5, 0.6) is 0 Å². The predicted octanol–water partition coefficient (Wildman–Crippen LogP) is 3.19. The van der Waals surface area contributed by atoms with E-state index in [4.69, 9.17) is 29.0 Å². The molecular formula is C24H39N7O4Si. The monoisotopic (exact) mass is 517 g/mol. The summed E-state index contributed by atoms with van der Waals surface area (Å²) < 4.78 is 25.8. The van der Waals surface area contributed by atoms with Gasteiger partial charge in [-0.25, -0.2) is 9.67 Å². The Hall–Kier alpha value is -2.51. The van der Waals surface area contributed by atoms with Gasteiger partial charge in [-0.2, -0.15) is 14.9 Å². The molecule has 198 valence electrons. The molecule has 0 radical (unpaired) electrons. The number of aromatic nitrogens is 5. The molecule has 0 saturated carbocycles. The van der Waals surface area contributed by atoms with Crippen molar-refractivity contribution in [2.75, 3.05) is 57.3 Å². The molecule has 1 aliphatic rings. The van der Waals surface area contributed by atoms with Gasteiger partial charge in [0, 0.05) is 53.8 Å². The highest BCUT2D eigenvalue weighted by molar-refractivity contribution is 6.76. The van der Waals surface area contributed by atoms with Gasteiger partial charge in [-0.15, -0.1) is 0 Å². The van der Waals surface area contributed by atoms with Crippen LogP contribution in [0.25, 0.3) is 16.9 Å². The van der Waals surface area contributed by atoms with Crippen molar-refractivity contribution in [3.63, 3.8) is 0 Å². The first-order chi connectivity index (χ1) is 17.3. The van der Waals surface area contributed by atoms with Crippen molar-refractivity contribution in [2.24, 2.45) is 0 Å². The fraction of sp³-hybridized carbons (Fsp3) is 0.625. The average molecular weight is 518 g/mol. The molecule has 4 rings (SSSR count). The highest BCUT2D eigenvalue weighted by Crippen LogP contribution is 2.30. The Morgan fingerprint density at radius 2 is 2.03 bits per heavy atom. The summed E-state index contributed by atoms with van der Waals surface area (Å²) in [5.74, 6) is 1.55. The SMILES string of the molecule is COC(CNc1cc(N2CCOC[C@H]2C)nc2c1cnn2-c1ccn(COCC[Si](C)(C)C)n1)OC. The maximum absolute atomic E-state index is 5.86. The van der Waals surface area contributed by atoms with E-state index >= 15 is 0 Å². The zero-order chi connectivity index (χ0) is 25.7. The van der Waals surface area contributed by atoms with Gasteiger partial charge in [-0.05, 0) is 13.0 Å². The quantitative estimate of drug-likeness (QED) is 0.220. The maximum atomic E-state index is 5.86. The number of morpholine rings is 1. The summed E-state index contributed by atoms with van der Waals surface area (Å²) in [6.07, 6.45) is 3.35. The lowest BCUT2D eigenvalue weighted by Crippen LogP contribution is -2.44. The zero-order valence-electron chi connectivity index (χ0n) is 22.2. The van der Waals surface area contributed by atoms with Crippen LogP contribution >= 0.6 is 0 Å². The third kappa shape index (κ3) is 6.43. The summed E-state index contributed by atoms with van der Waals surface area (Å²) in [5, 5.41) is 13.7. The summed E-state index contributed by atoms with van der Waals surface area (Å²) in [7, 11) is 2.13. The summed E-state index contributed by atoms with van der Waals surface area (Å²) >= 11 is 0. The predicted molar refractivity (Wildman–Crippen MR) is 143 cm³/mol. The fourth-order valence-electron chi connectivity index (χ4n) is 4.04. The molecule has 1 N–H and O–H groups in total. The van der Waals surface area contributed by atoms with E-state index in [2.05, 4.69) is 47.9 Å². The second kappa shape index (κ2) is 11.7. The standard InChI is InChI=1S/C24H39N7O4Si/c1-18-16-34-10-9-30(18)22-13-20(25-15-23(32-2)33-3)19-14-26-31(24(19)27-22)21-7-8-29(28-21)17-35-11-12-36(4,5)6/h7-8,13-14,18,23H,9-12,15-17H2,1-6H3,(H,25,27)/t18-/m1/s1. The summed E-state index contributed by atoms with van der Waals surface area (Å²) in [4.78, 5) is 7.28. The third-order valence-electron chi connectivity index (χ3n) is 6.24. The molecule has 1 saturated heterocycles. The van der Waals surface area contributed by atoms with Crippen LogP contribution in [0, 0.1) is 0 Å². The van der Waals surface area contributed by atoms with Gasteiger partial charge in [0.25, 0.3) is 0 Å². The van der Waals surface area contributed by atoms with E-state index in [-0.39, 0.29) is 12.3 Å². The van der Waals surface area contributed by atoms with Gasteiger partial charge in [0.15, 0.2) is 17.8 Å². The Balaban J connectivity index is 1.61. The van der Waals surface area contributed by atoms with Gasteiger partial charge in [-0.1, -0.05) is 19.6 Å². The molecule has 0 unspecified atom stereocenters. The zero-order valence-corrected chi connectivity index (χ0v) is 23.2. The molecular weight excluding hydrogens is 478 g/mol. The third-order valence-corrected chi connectivity index (χ3v) is 7.94. The number of nitrogens with one attached hydrogen (secondary N) is 1. The van der Waals surface area contributed by atoms with Crippen LogP contribution in [0.15, 0.2) is 24.5 Å². The summed E-state index contributed by atoms with van der Waals surface area (Å²) in [6, 6.07) is 5.33. The topological polar surface area (TPSA) is 101 Å². The average Bonchev–Trinajstić information content (AvgIpc) is 3.49. The van der Waals surface area contributed by atoms with E-state index in [0.29, 0.717) is 32.3 Å². The van der Waals surface area contributed by atoms with Gasteiger partial charge in [0.2, 0.25) is 0 Å². The Morgan fingerprint density at radius 1 is 1.22 bits per heavy atom. The molecule has 0 amide bonds. The molecule has 11 nitrogen and oxygen atoms in total. The Kier molecular flexibility index (Phi) is 8.62. The van der Waals surface area contributed by atoms with Gasteiger partial charge in [-0.3, -0.25) is 0 Å². The number of methoxy groups -OCH3 is 2. The summed E-state index contributed by atoms with van der Waals surface area (Å²) in [5.41, 5.74) is 1.64. The van der Waals surface area contributed by atoms with E-state index < -0.39 is 8.07 Å². The lowest BCUT2D eigenvalue weighted by Gasteiger charge is -2.34. The largest absolute Gasteiger partial charge is 0.379 e. The molecule has 3 aromatic heterocycles. The lowest BCUT2D eigenvalue weighted by atomic mass is 10.2. The minimum Gasteiger partial charge on any atom is -0.379 e. The highest BCUT2D eigenvalue weighted by atomic mass is 28.3. The summed E-state index contributed by atoms with van der Waals surface area (Å²) in [6.45, 7) is 12.9. The van der Waals surface area contributed by atoms with Crippen LogP contribution in [0.2, 0.25) is 25.7 Å². The smallest absolute Gasteiger partial charge is 0.177 e. The minimum absolute atomic E-state index is 0.214. The Labute approximate surface area is 213 Å². The normalized spacial score (nSPS) is 16.9. The van der Waals surface area contributed by atoms with Crippen LogP contribution < -0.4 is 10.2 Å². The van der Waals surface area contributed by atoms with Gasteiger partial charge < -0.3 is 29.2 Å². The first-order valence-electron chi connectivity index (χ1n) is 12.4. The molecule has 3 aromatic rings. The Morgan fingerprint density at radius 3 is 2.75 bits per heavy atom. The molecule has 0 aliphatic carbocycles. The van der Waals surface area contributed by atoms with Crippen molar-refractivity contribution in [1.82, 2.24) is 24.5 Å². The van der Waals surface area contributed by atoms with Crippen LogP contribution in [0.3, 0.4) is 0 Å². The second-order valence-corrected chi connectivity index (χ2v) is 15.9. The van der Waals surface area contributed by atoms with E-state index in [1.807, 2.05) is 18.5 Å². The molecule has 0 spiro atoms. The van der Waals surface area contributed by atoms with Crippen molar-refractivity contribution in [1.29, 1.82) is 0 Å². The molecule has 4 heterocycles. The number of nitrogens with zero attached hydrogens (tertiary/aromatic N) is 6. The molecule has 12 heteroatoms. The minimum atomic E-state index is -1.12. The number of rotatable bonds is 12. The first-order valence-corrected chi connectivity index (χ1v) is 16.1. The number of anilines is 2. The van der Waals surface area contributed by atoms with Crippen molar-refractivity contribution in [3.8, 4) is 5.82 Å². The van der Waals surface area contributed by atoms with Gasteiger partial charge >= 0.3 is 0 Å². The number of fused-ring (bicyclic) bond motifs is 1. The molecule has 36 heavy (non-hydrogen) atoms. The second-order valence-electron chi connectivity index (χ2n) is 10.3. The van der Waals surface area contributed by atoms with E-state index in [9.17, 15) is 0 Å². The van der Waals surface area contributed by atoms with Crippen LogP contribution in [0.1, 0.15) is 6.92 Å². The van der Waals surface area contributed by atoms with E-state index in [1.165, 1.54) is 0 Å². The molecule has 1 atom stereocenters. The van der Waals surface area contributed by atoms with E-state index in [0.717, 1.165) is 41.7 Å². The highest BCUT2D eigenvalue weighted by Gasteiger charge is 2.23. The fourth-order valence-corrected chi connectivity index (χ4v) is 4.80. The number of hydrogen-bond donors (Lipinski definition) is 1. The van der Waals surface area contributed by atoms with Gasteiger partial charge in [0.1, 0.15) is 12.5 Å². The first kappa shape index (κ1) is 26.5. The molecule has 1 aliphatic heterocycles. The number of hydrogen-bond acceptors (Lipinski definition) is 9. The maximum Gasteiger partial charge on any atom is 0.177 e. The van der Waals surface area contributed by atoms with Crippen molar-refractivity contribution in [2.45, 2.75) is 51.7 Å². The molecule has 0 bridgehead atoms. The van der Waals surface area contributed by atoms with E-state index in [1.54, 1.807) is 23.6 Å². The van der Waals surface area contributed by atoms with Crippen LogP contribution in [0.4, 0.5) is 11.5 Å². The van der Waals surface area contributed by atoms with Crippen molar-refractivity contribution in [3.05, 3.63) is 24.5 Å². The van der Waals surface area contributed by atoms with Crippen molar-refractivity contribution >= 4 is 30.6 Å². The lowest BCUT2D eigenvalue weighted by molar-refractivity contribution is -0.0913. The van der Waals surface area contributed by atoms with Crippen molar-refractivity contribution < 1.29 is 18.9 Å². The van der Waals surface area contributed by atoms with Crippen LogP contribution in [-0.4, -0.2) is 92.1 Å². The van der Waals surface area contributed by atoms with Crippen LogP contribution in [-0.2, 0) is 25.7 Å². The number of pyridine rings is 1. The van der Waals surface area contributed by atoms with Gasteiger partial charge in [0.05, 0.1) is 43.1 Å². The Bertz CT molecular complexity index is 1130. The number of ether oxygens (including phenoxy) is 4. The molecule has 0 aromatic carbocycles. The molecule has 1 fully saturated rings.